The molecule has 1 aliphatic rings. The van der Waals surface area contributed by atoms with Gasteiger partial charge in [0, 0.05) is 19.3 Å². The number of ether oxygens (including phenoxy) is 1. The van der Waals surface area contributed by atoms with Gasteiger partial charge in [0.05, 0.1) is 31.1 Å². The molecule has 0 spiro atoms. The number of amides is 1. The van der Waals surface area contributed by atoms with E-state index in [0.717, 1.165) is 29.9 Å². The summed E-state index contributed by atoms with van der Waals surface area (Å²) in [4.78, 5) is 14.4. The Balaban J connectivity index is 1.26. The Morgan fingerprint density at radius 1 is 1.21 bits per heavy atom. The van der Waals surface area contributed by atoms with E-state index in [1.54, 1.807) is 4.68 Å². The molecule has 0 saturated carbocycles. The normalized spacial score (nSPS) is 16.6. The van der Waals surface area contributed by atoms with Crippen molar-refractivity contribution in [1.82, 2.24) is 29.7 Å². The van der Waals surface area contributed by atoms with E-state index in [4.69, 9.17) is 4.74 Å². The SMILES string of the molecule is Cc1ccn(CC(=O)N2CCC(n3cc(COCc4ccccc4)nn3)C2)n1. The van der Waals surface area contributed by atoms with E-state index < -0.39 is 0 Å². The molecule has 2 aromatic heterocycles. The average Bonchev–Trinajstić information content (AvgIpc) is 3.43. The van der Waals surface area contributed by atoms with Gasteiger partial charge in [-0.05, 0) is 25.0 Å². The third-order valence-corrected chi connectivity index (χ3v) is 4.88. The first-order chi connectivity index (χ1) is 13.7. The molecule has 0 aliphatic carbocycles. The molecule has 1 unspecified atom stereocenters. The van der Waals surface area contributed by atoms with Gasteiger partial charge in [-0.1, -0.05) is 35.5 Å². The van der Waals surface area contributed by atoms with Crippen LogP contribution in [0.3, 0.4) is 0 Å². The summed E-state index contributed by atoms with van der Waals surface area (Å²) >= 11 is 0. The lowest BCUT2D eigenvalue weighted by Crippen LogP contribution is -2.32. The van der Waals surface area contributed by atoms with Crippen molar-refractivity contribution in [3.8, 4) is 0 Å². The zero-order chi connectivity index (χ0) is 19.3. The van der Waals surface area contributed by atoms with Crippen LogP contribution in [0.25, 0.3) is 0 Å². The molecule has 1 aliphatic heterocycles. The lowest BCUT2D eigenvalue weighted by Gasteiger charge is -2.16. The van der Waals surface area contributed by atoms with Crippen LogP contribution in [0.1, 0.15) is 29.4 Å². The lowest BCUT2D eigenvalue weighted by molar-refractivity contribution is -0.131. The third kappa shape index (κ3) is 4.45. The molecule has 0 radical (unpaired) electrons. The molecule has 1 amide bonds. The second kappa shape index (κ2) is 8.35. The average molecular weight is 380 g/mol. The molecule has 0 N–H and O–H groups in total. The van der Waals surface area contributed by atoms with Gasteiger partial charge in [-0.15, -0.1) is 5.10 Å². The van der Waals surface area contributed by atoms with Crippen molar-refractivity contribution < 1.29 is 9.53 Å². The van der Waals surface area contributed by atoms with E-state index in [2.05, 4.69) is 15.4 Å². The van der Waals surface area contributed by atoms with Crippen LogP contribution in [-0.4, -0.2) is 48.7 Å². The maximum Gasteiger partial charge on any atom is 0.244 e. The highest BCUT2D eigenvalue weighted by atomic mass is 16.5. The second-order valence-corrected chi connectivity index (χ2v) is 7.11. The van der Waals surface area contributed by atoms with Gasteiger partial charge in [-0.2, -0.15) is 5.10 Å². The number of likely N-dealkylation sites (tertiary alicyclic amines) is 1. The van der Waals surface area contributed by atoms with Gasteiger partial charge in [0.2, 0.25) is 5.91 Å². The number of rotatable bonds is 7. The van der Waals surface area contributed by atoms with Crippen LogP contribution in [0.2, 0.25) is 0 Å². The Labute approximate surface area is 163 Å². The van der Waals surface area contributed by atoms with Crippen molar-refractivity contribution in [3.05, 3.63) is 65.7 Å². The highest BCUT2D eigenvalue weighted by molar-refractivity contribution is 5.76. The summed E-state index contributed by atoms with van der Waals surface area (Å²) in [5.41, 5.74) is 2.84. The Kier molecular flexibility index (Phi) is 5.48. The number of aromatic nitrogens is 5. The fraction of sp³-hybridized carbons (Fsp3) is 0.400. The second-order valence-electron chi connectivity index (χ2n) is 7.11. The highest BCUT2D eigenvalue weighted by Crippen LogP contribution is 2.21. The van der Waals surface area contributed by atoms with Crippen molar-refractivity contribution >= 4 is 5.91 Å². The van der Waals surface area contributed by atoms with Crippen molar-refractivity contribution in [2.45, 2.75) is 39.1 Å². The molecule has 1 atom stereocenters. The molecule has 8 nitrogen and oxygen atoms in total. The standard InChI is InChI=1S/C20H24N6O2/c1-16-7-10-25(22-16)13-20(27)24-9-8-19(12-24)26-11-18(21-23-26)15-28-14-17-5-3-2-4-6-17/h2-7,10-11,19H,8-9,12-15H2,1H3. The molecule has 146 valence electrons. The Bertz CT molecular complexity index is 920. The molecular formula is C20H24N6O2. The number of carbonyl (C=O) groups excluding carboxylic acids is 1. The van der Waals surface area contributed by atoms with E-state index in [1.165, 1.54) is 0 Å². The van der Waals surface area contributed by atoms with E-state index >= 15 is 0 Å². The smallest absolute Gasteiger partial charge is 0.244 e. The topological polar surface area (TPSA) is 78.1 Å². The van der Waals surface area contributed by atoms with E-state index in [1.807, 2.05) is 65.3 Å². The summed E-state index contributed by atoms with van der Waals surface area (Å²) in [5, 5.41) is 12.7. The van der Waals surface area contributed by atoms with Gasteiger partial charge in [0.25, 0.3) is 0 Å². The van der Waals surface area contributed by atoms with Crippen LogP contribution in [0.5, 0.6) is 0 Å². The van der Waals surface area contributed by atoms with Crippen molar-refractivity contribution in [1.29, 1.82) is 0 Å². The van der Waals surface area contributed by atoms with Gasteiger partial charge in [0.1, 0.15) is 12.2 Å². The first kappa shape index (κ1) is 18.4. The minimum atomic E-state index is 0.0807. The fourth-order valence-corrected chi connectivity index (χ4v) is 3.38. The Morgan fingerprint density at radius 2 is 2.07 bits per heavy atom. The monoisotopic (exact) mass is 380 g/mol. The molecule has 28 heavy (non-hydrogen) atoms. The first-order valence-corrected chi connectivity index (χ1v) is 9.47. The molecule has 3 aromatic rings. The largest absolute Gasteiger partial charge is 0.370 e. The molecule has 3 heterocycles. The molecule has 1 aromatic carbocycles. The summed E-state index contributed by atoms with van der Waals surface area (Å²) in [6.07, 6.45) is 4.62. The van der Waals surface area contributed by atoms with Crippen molar-refractivity contribution in [3.63, 3.8) is 0 Å². The van der Waals surface area contributed by atoms with Gasteiger partial charge in [-0.3, -0.25) is 9.48 Å². The van der Waals surface area contributed by atoms with Crippen LogP contribution in [0.4, 0.5) is 0 Å². The minimum absolute atomic E-state index is 0.0807. The molecule has 1 saturated heterocycles. The minimum Gasteiger partial charge on any atom is -0.370 e. The molecule has 4 rings (SSSR count). The predicted octanol–water partition coefficient (Wildman–Crippen LogP) is 1.97. The van der Waals surface area contributed by atoms with E-state index in [-0.39, 0.29) is 18.5 Å². The van der Waals surface area contributed by atoms with Crippen LogP contribution in [-0.2, 0) is 29.3 Å². The number of aryl methyl sites for hydroxylation is 1. The summed E-state index contributed by atoms with van der Waals surface area (Å²) in [6, 6.07) is 12.1. The van der Waals surface area contributed by atoms with Crippen LogP contribution in [0, 0.1) is 6.92 Å². The molecular weight excluding hydrogens is 356 g/mol. The molecule has 1 fully saturated rings. The van der Waals surface area contributed by atoms with Gasteiger partial charge >= 0.3 is 0 Å². The van der Waals surface area contributed by atoms with E-state index in [9.17, 15) is 4.79 Å². The summed E-state index contributed by atoms with van der Waals surface area (Å²) in [5.74, 6) is 0.0807. The maximum atomic E-state index is 12.5. The fourth-order valence-electron chi connectivity index (χ4n) is 3.38. The Morgan fingerprint density at radius 3 is 2.86 bits per heavy atom. The maximum absolute atomic E-state index is 12.5. The van der Waals surface area contributed by atoms with Gasteiger partial charge < -0.3 is 9.64 Å². The van der Waals surface area contributed by atoms with Gasteiger partial charge in [0.15, 0.2) is 0 Å². The number of nitrogens with zero attached hydrogens (tertiary/aromatic N) is 6. The van der Waals surface area contributed by atoms with Crippen molar-refractivity contribution in [2.75, 3.05) is 13.1 Å². The van der Waals surface area contributed by atoms with Crippen LogP contribution >= 0.6 is 0 Å². The van der Waals surface area contributed by atoms with Crippen LogP contribution < -0.4 is 0 Å². The summed E-state index contributed by atoms with van der Waals surface area (Å²) in [7, 11) is 0. The zero-order valence-corrected chi connectivity index (χ0v) is 15.9. The van der Waals surface area contributed by atoms with E-state index in [0.29, 0.717) is 19.8 Å². The number of carbonyl (C=O) groups is 1. The van der Waals surface area contributed by atoms with Crippen LogP contribution in [0.15, 0.2) is 48.8 Å². The van der Waals surface area contributed by atoms with Crippen molar-refractivity contribution in [2.24, 2.45) is 0 Å². The lowest BCUT2D eigenvalue weighted by atomic mass is 10.2. The molecule has 8 heteroatoms. The zero-order valence-electron chi connectivity index (χ0n) is 15.9. The summed E-state index contributed by atoms with van der Waals surface area (Å²) < 4.78 is 9.26. The first-order valence-electron chi connectivity index (χ1n) is 9.47. The predicted molar refractivity (Wildman–Crippen MR) is 102 cm³/mol. The quantitative estimate of drug-likeness (QED) is 0.626. The number of hydrogen-bond acceptors (Lipinski definition) is 5. The number of benzene rings is 1. The highest BCUT2D eigenvalue weighted by Gasteiger charge is 2.28. The van der Waals surface area contributed by atoms with Gasteiger partial charge in [-0.25, -0.2) is 4.68 Å². The third-order valence-electron chi connectivity index (χ3n) is 4.88. The Hall–Kier alpha value is -3.00. The molecule has 0 bridgehead atoms. The summed E-state index contributed by atoms with van der Waals surface area (Å²) in [6.45, 7) is 4.53. The number of hydrogen-bond donors (Lipinski definition) is 0.